The van der Waals surface area contributed by atoms with E-state index in [-0.39, 0.29) is 0 Å². The van der Waals surface area contributed by atoms with E-state index in [1.807, 2.05) is 0 Å². The predicted molar refractivity (Wildman–Crippen MR) is 52.8 cm³/mol. The van der Waals surface area contributed by atoms with Gasteiger partial charge in [-0.2, -0.15) is 0 Å². The minimum absolute atomic E-state index is 0.367. The van der Waals surface area contributed by atoms with Gasteiger partial charge in [0, 0.05) is 27.6 Å². The average Bonchev–Trinajstić information content (AvgIpc) is 2.32. The topological polar surface area (TPSA) is 57.2 Å². The van der Waals surface area contributed by atoms with E-state index in [1.54, 1.807) is 6.92 Å². The highest BCUT2D eigenvalue weighted by atomic mass is 16.9. The molecule has 5 nitrogen and oxygen atoms in total. The lowest BCUT2D eigenvalue weighted by Gasteiger charge is -2.26. The maximum Gasteiger partial charge on any atom is 0.322 e. The molecule has 1 heterocycles. The smallest absolute Gasteiger partial charge is 0.322 e. The second-order valence-corrected chi connectivity index (χ2v) is 3.86. The standard InChI is InChI=1S/C10H18O5/c1-7-9(2,6-8(12-4)13-5)15-10(3,11)14-7/h8,11H,1,6H2,2-5H3. The van der Waals surface area contributed by atoms with Crippen LogP contribution in [0.5, 0.6) is 0 Å². The van der Waals surface area contributed by atoms with Gasteiger partial charge in [0.05, 0.1) is 0 Å². The Labute approximate surface area is 89.6 Å². The second-order valence-electron chi connectivity index (χ2n) is 3.86. The van der Waals surface area contributed by atoms with E-state index in [4.69, 9.17) is 18.9 Å². The van der Waals surface area contributed by atoms with Crippen molar-refractivity contribution in [2.45, 2.75) is 38.1 Å². The van der Waals surface area contributed by atoms with Crippen LogP contribution >= 0.6 is 0 Å². The molecule has 15 heavy (non-hydrogen) atoms. The summed E-state index contributed by atoms with van der Waals surface area (Å²) in [5.74, 6) is -1.26. The van der Waals surface area contributed by atoms with Gasteiger partial charge in [-0.05, 0) is 6.92 Å². The van der Waals surface area contributed by atoms with Crippen molar-refractivity contribution in [1.82, 2.24) is 0 Å². The van der Waals surface area contributed by atoms with E-state index in [0.29, 0.717) is 12.2 Å². The van der Waals surface area contributed by atoms with Crippen LogP contribution in [0.1, 0.15) is 20.3 Å². The summed E-state index contributed by atoms with van der Waals surface area (Å²) in [6, 6.07) is 0. The molecule has 88 valence electrons. The Hall–Kier alpha value is -0.620. The Morgan fingerprint density at radius 3 is 2.27 bits per heavy atom. The molecule has 2 atom stereocenters. The Kier molecular flexibility index (Phi) is 3.40. The minimum Gasteiger partial charge on any atom is -0.441 e. The summed E-state index contributed by atoms with van der Waals surface area (Å²) >= 11 is 0. The molecule has 1 aliphatic heterocycles. The molecule has 0 aromatic rings. The molecule has 0 amide bonds. The molecule has 1 fully saturated rings. The average molecular weight is 218 g/mol. The summed E-state index contributed by atoms with van der Waals surface area (Å²) in [7, 11) is 3.07. The van der Waals surface area contributed by atoms with Crippen LogP contribution in [0.3, 0.4) is 0 Å². The molecule has 1 N–H and O–H groups in total. The molecule has 0 aromatic carbocycles. The van der Waals surface area contributed by atoms with E-state index in [1.165, 1.54) is 21.1 Å². The van der Waals surface area contributed by atoms with Crippen LogP contribution in [0.4, 0.5) is 0 Å². The molecule has 1 aliphatic rings. The van der Waals surface area contributed by atoms with Gasteiger partial charge in [0.2, 0.25) is 0 Å². The highest BCUT2D eigenvalue weighted by Gasteiger charge is 2.49. The van der Waals surface area contributed by atoms with Gasteiger partial charge in [-0.15, -0.1) is 0 Å². The number of ether oxygens (including phenoxy) is 4. The van der Waals surface area contributed by atoms with Gasteiger partial charge in [0.25, 0.3) is 0 Å². The number of aliphatic hydroxyl groups is 1. The quantitative estimate of drug-likeness (QED) is 0.713. The lowest BCUT2D eigenvalue weighted by Crippen LogP contribution is -2.36. The summed E-state index contributed by atoms with van der Waals surface area (Å²) in [6.45, 7) is 6.89. The van der Waals surface area contributed by atoms with E-state index < -0.39 is 17.9 Å². The summed E-state index contributed by atoms with van der Waals surface area (Å²) < 4.78 is 20.6. The third-order valence-corrected chi connectivity index (χ3v) is 2.40. The van der Waals surface area contributed by atoms with Gasteiger partial charge in [-0.25, -0.2) is 0 Å². The highest BCUT2D eigenvalue weighted by Crippen LogP contribution is 2.40. The van der Waals surface area contributed by atoms with Crippen LogP contribution in [-0.4, -0.2) is 37.2 Å². The van der Waals surface area contributed by atoms with E-state index >= 15 is 0 Å². The third kappa shape index (κ3) is 2.69. The van der Waals surface area contributed by atoms with Gasteiger partial charge < -0.3 is 24.1 Å². The second kappa shape index (κ2) is 4.09. The summed E-state index contributed by atoms with van der Waals surface area (Å²) in [6.07, 6.45) is -0.0288. The molecule has 0 saturated carbocycles. The monoisotopic (exact) mass is 218 g/mol. The molecule has 0 aromatic heterocycles. The SMILES string of the molecule is C=C1OC(C)(O)OC1(C)CC(OC)OC. The van der Waals surface area contributed by atoms with Gasteiger partial charge in [0.1, 0.15) is 11.4 Å². The number of hydrogen-bond donors (Lipinski definition) is 1. The summed E-state index contributed by atoms with van der Waals surface area (Å²) in [4.78, 5) is 0. The van der Waals surface area contributed by atoms with Crippen LogP contribution in [0.2, 0.25) is 0 Å². The third-order valence-electron chi connectivity index (χ3n) is 2.40. The van der Waals surface area contributed by atoms with E-state index in [2.05, 4.69) is 6.58 Å². The first-order valence-corrected chi connectivity index (χ1v) is 4.69. The fourth-order valence-electron chi connectivity index (χ4n) is 1.57. The van der Waals surface area contributed by atoms with Crippen LogP contribution < -0.4 is 0 Å². The first kappa shape index (κ1) is 12.4. The maximum absolute atomic E-state index is 9.57. The summed E-state index contributed by atoms with van der Waals surface area (Å²) in [5.41, 5.74) is -0.805. The van der Waals surface area contributed by atoms with Crippen LogP contribution in [0.15, 0.2) is 12.3 Å². The molecule has 5 heteroatoms. The molecular weight excluding hydrogens is 200 g/mol. The molecule has 0 bridgehead atoms. The van der Waals surface area contributed by atoms with Crippen molar-refractivity contribution in [1.29, 1.82) is 0 Å². The largest absolute Gasteiger partial charge is 0.441 e. The zero-order valence-electron chi connectivity index (χ0n) is 9.57. The number of rotatable bonds is 4. The van der Waals surface area contributed by atoms with Crippen molar-refractivity contribution in [2.75, 3.05) is 14.2 Å². The molecule has 0 aliphatic carbocycles. The van der Waals surface area contributed by atoms with Crippen molar-refractivity contribution >= 4 is 0 Å². The van der Waals surface area contributed by atoms with Gasteiger partial charge in [-0.3, -0.25) is 0 Å². The van der Waals surface area contributed by atoms with Crippen LogP contribution in [0, 0.1) is 0 Å². The Morgan fingerprint density at radius 2 is 1.93 bits per heavy atom. The first-order chi connectivity index (χ1) is 6.83. The van der Waals surface area contributed by atoms with Crippen molar-refractivity contribution in [3.63, 3.8) is 0 Å². The van der Waals surface area contributed by atoms with Crippen LogP contribution in [0.25, 0.3) is 0 Å². The molecule has 1 rings (SSSR count). The number of methoxy groups -OCH3 is 2. The Bertz CT molecular complexity index is 246. The van der Waals surface area contributed by atoms with Crippen molar-refractivity contribution in [2.24, 2.45) is 0 Å². The fourth-order valence-corrected chi connectivity index (χ4v) is 1.57. The maximum atomic E-state index is 9.57. The van der Waals surface area contributed by atoms with Crippen molar-refractivity contribution in [3.05, 3.63) is 12.3 Å². The summed E-state index contributed by atoms with van der Waals surface area (Å²) in [5, 5.41) is 9.57. The molecular formula is C10H18O5. The Balaban J connectivity index is 2.71. The van der Waals surface area contributed by atoms with E-state index in [9.17, 15) is 5.11 Å². The zero-order chi connectivity index (χ0) is 11.7. The lowest BCUT2D eigenvalue weighted by molar-refractivity contribution is -0.309. The normalized spacial score (nSPS) is 36.0. The zero-order valence-corrected chi connectivity index (χ0v) is 9.57. The lowest BCUT2D eigenvalue weighted by atomic mass is 10.0. The minimum atomic E-state index is -1.63. The van der Waals surface area contributed by atoms with E-state index in [0.717, 1.165) is 0 Å². The van der Waals surface area contributed by atoms with Crippen LogP contribution in [-0.2, 0) is 18.9 Å². The molecule has 1 saturated heterocycles. The van der Waals surface area contributed by atoms with Crippen molar-refractivity contribution < 1.29 is 24.1 Å². The van der Waals surface area contributed by atoms with Gasteiger partial charge in [0.15, 0.2) is 6.29 Å². The molecule has 0 spiro atoms. The first-order valence-electron chi connectivity index (χ1n) is 4.69. The fraction of sp³-hybridized carbons (Fsp3) is 0.800. The van der Waals surface area contributed by atoms with Gasteiger partial charge >= 0.3 is 5.97 Å². The van der Waals surface area contributed by atoms with Crippen molar-refractivity contribution in [3.8, 4) is 0 Å². The van der Waals surface area contributed by atoms with Gasteiger partial charge in [-0.1, -0.05) is 6.58 Å². The molecule has 0 radical (unpaired) electrons. The highest BCUT2D eigenvalue weighted by molar-refractivity contribution is 5.09. The predicted octanol–water partition coefficient (Wildman–Crippen LogP) is 0.981. The Morgan fingerprint density at radius 1 is 1.40 bits per heavy atom. The molecule has 2 unspecified atom stereocenters. The number of hydrogen-bond acceptors (Lipinski definition) is 5.